The average Bonchev–Trinajstić information content (AvgIpc) is 2.33. The van der Waals surface area contributed by atoms with Crippen molar-refractivity contribution in [2.75, 3.05) is 0 Å². The standard InChI is InChI=1S/C15H20O/c1-12-7-5-6-10-14(12)11-15(16)13-8-3-2-4-9-13/h2-4,8-9,12,14H,5-7,10-11H2,1H3. The molecule has 0 aliphatic heterocycles. The zero-order valence-electron chi connectivity index (χ0n) is 9.99. The van der Waals surface area contributed by atoms with Crippen molar-refractivity contribution in [3.63, 3.8) is 0 Å². The van der Waals surface area contributed by atoms with Gasteiger partial charge in [-0.2, -0.15) is 0 Å². The summed E-state index contributed by atoms with van der Waals surface area (Å²) in [5, 5.41) is 0. The van der Waals surface area contributed by atoms with Crippen molar-refractivity contribution in [1.29, 1.82) is 0 Å². The van der Waals surface area contributed by atoms with Crippen molar-refractivity contribution >= 4 is 5.78 Å². The molecule has 2 rings (SSSR count). The van der Waals surface area contributed by atoms with Crippen LogP contribution < -0.4 is 0 Å². The normalized spacial score (nSPS) is 25.3. The molecule has 0 aromatic heterocycles. The lowest BCUT2D eigenvalue weighted by Crippen LogP contribution is -2.20. The fraction of sp³-hybridized carbons (Fsp3) is 0.533. The predicted molar refractivity (Wildman–Crippen MR) is 66.5 cm³/mol. The van der Waals surface area contributed by atoms with E-state index in [1.54, 1.807) is 0 Å². The summed E-state index contributed by atoms with van der Waals surface area (Å²) in [7, 11) is 0. The van der Waals surface area contributed by atoms with Gasteiger partial charge in [-0.15, -0.1) is 0 Å². The van der Waals surface area contributed by atoms with E-state index in [-0.39, 0.29) is 0 Å². The number of rotatable bonds is 3. The molecule has 0 heterocycles. The van der Waals surface area contributed by atoms with E-state index in [1.165, 1.54) is 25.7 Å². The smallest absolute Gasteiger partial charge is 0.163 e. The van der Waals surface area contributed by atoms with Gasteiger partial charge < -0.3 is 0 Å². The van der Waals surface area contributed by atoms with Gasteiger partial charge in [0.2, 0.25) is 0 Å². The molecule has 1 aromatic rings. The van der Waals surface area contributed by atoms with E-state index >= 15 is 0 Å². The molecule has 2 unspecified atom stereocenters. The predicted octanol–water partition coefficient (Wildman–Crippen LogP) is 4.09. The largest absolute Gasteiger partial charge is 0.294 e. The van der Waals surface area contributed by atoms with Crippen LogP contribution in [0, 0.1) is 11.8 Å². The number of ketones is 1. The van der Waals surface area contributed by atoms with Crippen LogP contribution in [-0.2, 0) is 0 Å². The molecule has 1 saturated carbocycles. The third kappa shape index (κ3) is 2.72. The fourth-order valence-electron chi connectivity index (χ4n) is 2.68. The molecule has 1 aliphatic rings. The van der Waals surface area contributed by atoms with Crippen LogP contribution in [0.4, 0.5) is 0 Å². The first-order valence-electron chi connectivity index (χ1n) is 6.35. The third-order valence-electron chi connectivity index (χ3n) is 3.83. The van der Waals surface area contributed by atoms with Crippen molar-refractivity contribution in [2.24, 2.45) is 11.8 Å². The molecule has 16 heavy (non-hydrogen) atoms. The number of hydrogen-bond donors (Lipinski definition) is 0. The first kappa shape index (κ1) is 11.4. The highest BCUT2D eigenvalue weighted by molar-refractivity contribution is 5.96. The van der Waals surface area contributed by atoms with E-state index < -0.39 is 0 Å². The molecule has 0 saturated heterocycles. The Labute approximate surface area is 97.9 Å². The number of carbonyl (C=O) groups excluding carboxylic acids is 1. The van der Waals surface area contributed by atoms with Crippen LogP contribution >= 0.6 is 0 Å². The van der Waals surface area contributed by atoms with Gasteiger partial charge in [0.1, 0.15) is 0 Å². The van der Waals surface area contributed by atoms with Gasteiger partial charge in [-0.3, -0.25) is 4.79 Å². The molecule has 0 radical (unpaired) electrons. The summed E-state index contributed by atoms with van der Waals surface area (Å²) in [6.45, 7) is 2.29. The van der Waals surface area contributed by atoms with E-state index in [1.807, 2.05) is 30.3 Å². The number of Topliss-reactive ketones (excluding diaryl/α,β-unsaturated/α-hetero) is 1. The lowest BCUT2D eigenvalue weighted by molar-refractivity contribution is 0.0927. The topological polar surface area (TPSA) is 17.1 Å². The molecule has 0 spiro atoms. The first-order chi connectivity index (χ1) is 7.77. The SMILES string of the molecule is CC1CCCCC1CC(=O)c1ccccc1. The van der Waals surface area contributed by atoms with Crippen molar-refractivity contribution < 1.29 is 4.79 Å². The second-order valence-corrected chi connectivity index (χ2v) is 5.02. The molecule has 1 heteroatoms. The highest BCUT2D eigenvalue weighted by atomic mass is 16.1. The summed E-state index contributed by atoms with van der Waals surface area (Å²) < 4.78 is 0. The Morgan fingerprint density at radius 1 is 1.19 bits per heavy atom. The van der Waals surface area contributed by atoms with Crippen LogP contribution in [-0.4, -0.2) is 5.78 Å². The minimum Gasteiger partial charge on any atom is -0.294 e. The van der Waals surface area contributed by atoms with Gasteiger partial charge in [0.15, 0.2) is 5.78 Å². The lowest BCUT2D eigenvalue weighted by Gasteiger charge is -2.28. The van der Waals surface area contributed by atoms with Crippen LogP contribution in [0.15, 0.2) is 30.3 Å². The van der Waals surface area contributed by atoms with Crippen molar-refractivity contribution in [3.05, 3.63) is 35.9 Å². The molecule has 2 atom stereocenters. The maximum Gasteiger partial charge on any atom is 0.163 e. The first-order valence-corrected chi connectivity index (χ1v) is 6.35. The highest BCUT2D eigenvalue weighted by Gasteiger charge is 2.23. The Morgan fingerprint density at radius 2 is 1.88 bits per heavy atom. The van der Waals surface area contributed by atoms with Crippen molar-refractivity contribution in [1.82, 2.24) is 0 Å². The Hall–Kier alpha value is -1.11. The van der Waals surface area contributed by atoms with Gasteiger partial charge in [-0.05, 0) is 18.3 Å². The van der Waals surface area contributed by atoms with Crippen molar-refractivity contribution in [2.45, 2.75) is 39.0 Å². The van der Waals surface area contributed by atoms with Gasteiger partial charge in [-0.1, -0.05) is 56.5 Å². The molecule has 0 amide bonds. The molecular weight excluding hydrogens is 196 g/mol. The Morgan fingerprint density at radius 3 is 2.56 bits per heavy atom. The molecule has 1 aliphatic carbocycles. The van der Waals surface area contributed by atoms with Crippen LogP contribution in [0.3, 0.4) is 0 Å². The maximum atomic E-state index is 12.1. The third-order valence-corrected chi connectivity index (χ3v) is 3.83. The monoisotopic (exact) mass is 216 g/mol. The van der Waals surface area contributed by atoms with Gasteiger partial charge in [0, 0.05) is 12.0 Å². The highest BCUT2D eigenvalue weighted by Crippen LogP contribution is 2.32. The average molecular weight is 216 g/mol. The van der Waals surface area contributed by atoms with E-state index in [0.29, 0.717) is 11.7 Å². The number of carbonyl (C=O) groups is 1. The molecule has 1 aromatic carbocycles. The lowest BCUT2D eigenvalue weighted by atomic mass is 9.77. The van der Waals surface area contributed by atoms with Gasteiger partial charge in [0.05, 0.1) is 0 Å². The summed E-state index contributed by atoms with van der Waals surface area (Å²) in [6, 6.07) is 9.70. The summed E-state index contributed by atoms with van der Waals surface area (Å²) >= 11 is 0. The van der Waals surface area contributed by atoms with Gasteiger partial charge in [-0.25, -0.2) is 0 Å². The molecule has 0 N–H and O–H groups in total. The van der Waals surface area contributed by atoms with Crippen LogP contribution in [0.2, 0.25) is 0 Å². The van der Waals surface area contributed by atoms with E-state index in [2.05, 4.69) is 6.92 Å². The molecule has 0 bridgehead atoms. The van der Waals surface area contributed by atoms with E-state index in [0.717, 1.165) is 17.9 Å². The zero-order valence-corrected chi connectivity index (χ0v) is 9.99. The summed E-state index contributed by atoms with van der Waals surface area (Å²) in [6.07, 6.45) is 5.92. The molecule has 1 fully saturated rings. The molecule has 86 valence electrons. The number of benzene rings is 1. The van der Waals surface area contributed by atoms with Crippen molar-refractivity contribution in [3.8, 4) is 0 Å². The van der Waals surface area contributed by atoms with E-state index in [9.17, 15) is 4.79 Å². The van der Waals surface area contributed by atoms with Crippen LogP contribution in [0.5, 0.6) is 0 Å². The zero-order chi connectivity index (χ0) is 11.4. The minimum absolute atomic E-state index is 0.319. The molecule has 1 nitrogen and oxygen atoms in total. The second kappa shape index (κ2) is 5.29. The second-order valence-electron chi connectivity index (χ2n) is 5.02. The quantitative estimate of drug-likeness (QED) is 0.696. The maximum absolute atomic E-state index is 12.1. The number of hydrogen-bond acceptors (Lipinski definition) is 1. The van der Waals surface area contributed by atoms with Crippen LogP contribution in [0.1, 0.15) is 49.4 Å². The Balaban J connectivity index is 1.96. The summed E-state index contributed by atoms with van der Waals surface area (Å²) in [5.41, 5.74) is 0.875. The molecular formula is C15H20O. The van der Waals surface area contributed by atoms with Gasteiger partial charge >= 0.3 is 0 Å². The Bertz CT molecular complexity index is 342. The minimum atomic E-state index is 0.319. The fourth-order valence-corrected chi connectivity index (χ4v) is 2.68. The van der Waals surface area contributed by atoms with E-state index in [4.69, 9.17) is 0 Å². The summed E-state index contributed by atoms with van der Waals surface area (Å²) in [5.74, 6) is 1.65. The summed E-state index contributed by atoms with van der Waals surface area (Å²) in [4.78, 5) is 12.1. The van der Waals surface area contributed by atoms with Crippen LogP contribution in [0.25, 0.3) is 0 Å². The van der Waals surface area contributed by atoms with Gasteiger partial charge in [0.25, 0.3) is 0 Å². The Kier molecular flexibility index (Phi) is 3.76.